The van der Waals surface area contributed by atoms with Gasteiger partial charge in [0.15, 0.2) is 8.46 Å². The third-order valence-corrected chi connectivity index (χ3v) is 3.20. The third kappa shape index (κ3) is 0.853. The van der Waals surface area contributed by atoms with Gasteiger partial charge in [-0.15, -0.1) is 0 Å². The van der Waals surface area contributed by atoms with Crippen LogP contribution in [0, 0.1) is 0 Å². The van der Waals surface area contributed by atoms with Crippen molar-refractivity contribution in [3.63, 3.8) is 0 Å². The monoisotopic (exact) mass is 198 g/mol. The molecule has 0 radical (unpaired) electrons. The zero-order valence-corrected chi connectivity index (χ0v) is 8.29. The zero-order valence-electron chi connectivity index (χ0n) is 7.40. The summed E-state index contributed by atoms with van der Waals surface area (Å²) in [5.41, 5.74) is 4.87. The van der Waals surface area contributed by atoms with Gasteiger partial charge in [0.25, 0.3) is 0 Å². The predicted molar refractivity (Wildman–Crippen MR) is 58.1 cm³/mol. The summed E-state index contributed by atoms with van der Waals surface area (Å²) in [5, 5.41) is 0.890. The highest BCUT2D eigenvalue weighted by Gasteiger charge is 2.23. The van der Waals surface area contributed by atoms with Gasteiger partial charge in [0.1, 0.15) is 0 Å². The Bertz CT molecular complexity index is 532. The summed E-state index contributed by atoms with van der Waals surface area (Å²) in [6, 6.07) is 14.2. The maximum atomic E-state index is 10.9. The molecule has 1 aliphatic carbocycles. The van der Waals surface area contributed by atoms with Crippen molar-refractivity contribution in [1.82, 2.24) is 0 Å². The second kappa shape index (κ2) is 2.76. The van der Waals surface area contributed by atoms with E-state index in [9.17, 15) is 4.57 Å². The van der Waals surface area contributed by atoms with Crippen LogP contribution in [0.25, 0.3) is 22.3 Å². The maximum Gasteiger partial charge on any atom is 0.192 e. The summed E-state index contributed by atoms with van der Waals surface area (Å²) < 4.78 is 10.9. The number of hydrogen-bond donors (Lipinski definition) is 0. The van der Waals surface area contributed by atoms with Crippen LogP contribution in [0.5, 0.6) is 0 Å². The fourth-order valence-corrected chi connectivity index (χ4v) is 2.48. The fraction of sp³-hybridized carbons (Fsp3) is 0. The van der Waals surface area contributed by atoms with Crippen LogP contribution in [-0.2, 0) is 4.57 Å². The van der Waals surface area contributed by atoms with Gasteiger partial charge in [-0.1, -0.05) is 36.4 Å². The summed E-state index contributed by atoms with van der Waals surface area (Å²) in [6.45, 7) is 0. The van der Waals surface area contributed by atoms with Crippen molar-refractivity contribution in [3.8, 4) is 22.3 Å². The molecule has 0 aromatic heterocycles. The summed E-state index contributed by atoms with van der Waals surface area (Å²) in [5.74, 6) is 0. The Kier molecular flexibility index (Phi) is 1.56. The van der Waals surface area contributed by atoms with E-state index in [0.717, 1.165) is 10.9 Å². The topological polar surface area (TPSA) is 17.1 Å². The molecule has 0 saturated carbocycles. The molecule has 2 heteroatoms. The second-order valence-corrected chi connectivity index (χ2v) is 4.00. The second-order valence-electron chi connectivity index (χ2n) is 3.34. The van der Waals surface area contributed by atoms with Crippen LogP contribution >= 0.6 is 8.46 Å². The molecule has 0 fully saturated rings. The van der Waals surface area contributed by atoms with E-state index in [1.165, 1.54) is 16.7 Å². The van der Waals surface area contributed by atoms with Crippen LogP contribution in [0.15, 0.2) is 42.5 Å². The molecule has 0 N–H and O–H groups in total. The lowest BCUT2D eigenvalue weighted by Gasteiger charge is -2.24. The normalized spacial score (nSPS) is 11.7. The predicted octanol–water partition coefficient (Wildman–Crippen LogP) is 3.25. The first-order valence-electron chi connectivity index (χ1n) is 4.48. The summed E-state index contributed by atoms with van der Waals surface area (Å²) in [4.78, 5) is 0. The van der Waals surface area contributed by atoms with Crippen molar-refractivity contribution in [3.05, 3.63) is 42.5 Å². The lowest BCUT2D eigenvalue weighted by Crippen LogP contribution is -2.08. The number of rotatable bonds is 1. The van der Waals surface area contributed by atoms with Gasteiger partial charge >= 0.3 is 0 Å². The molecule has 0 spiro atoms. The molecule has 3 rings (SSSR count). The first kappa shape index (κ1) is 7.90. The number of hydrogen-bond acceptors (Lipinski definition) is 1. The molecule has 0 aliphatic heterocycles. The van der Waals surface area contributed by atoms with Crippen LogP contribution in [-0.4, -0.2) is 0 Å². The molecule has 0 amide bonds. The molecular weight excluding hydrogens is 191 g/mol. The Labute approximate surface area is 83.6 Å². The maximum absolute atomic E-state index is 10.9. The van der Waals surface area contributed by atoms with Crippen LogP contribution in [0.3, 0.4) is 0 Å². The average Bonchev–Trinajstić information content (AvgIpc) is 2.24. The molecule has 0 heterocycles. The molecule has 1 nitrogen and oxygen atoms in total. The highest BCUT2D eigenvalue weighted by molar-refractivity contribution is 7.34. The zero-order chi connectivity index (χ0) is 9.54. The van der Waals surface area contributed by atoms with Gasteiger partial charge < -0.3 is 0 Å². The summed E-state index contributed by atoms with van der Waals surface area (Å²) in [7, 11) is 0.106. The standard InChI is InChI=1S/C12H7OP/c13-14-11-7-3-6-10-8-4-1-2-5-9(8)12(10)11/h1-7H. The minimum Gasteiger partial charge on any atom is -0.269 e. The lowest BCUT2D eigenvalue weighted by molar-refractivity contribution is 0.603. The smallest absolute Gasteiger partial charge is 0.192 e. The van der Waals surface area contributed by atoms with E-state index in [1.54, 1.807) is 0 Å². The molecule has 2 aromatic rings. The van der Waals surface area contributed by atoms with Crippen molar-refractivity contribution in [2.24, 2.45) is 0 Å². The van der Waals surface area contributed by atoms with Gasteiger partial charge in [-0.05, 0) is 22.8 Å². The molecule has 0 bridgehead atoms. The summed E-state index contributed by atoms with van der Waals surface area (Å²) >= 11 is 0. The highest BCUT2D eigenvalue weighted by atomic mass is 31.1. The van der Waals surface area contributed by atoms with Crippen molar-refractivity contribution in [1.29, 1.82) is 0 Å². The van der Waals surface area contributed by atoms with E-state index < -0.39 is 0 Å². The fourth-order valence-electron chi connectivity index (χ4n) is 2.00. The van der Waals surface area contributed by atoms with E-state index in [2.05, 4.69) is 18.2 Å². The van der Waals surface area contributed by atoms with E-state index in [4.69, 9.17) is 0 Å². The molecule has 2 aromatic carbocycles. The average molecular weight is 198 g/mol. The van der Waals surface area contributed by atoms with Crippen molar-refractivity contribution >= 4 is 13.8 Å². The van der Waals surface area contributed by atoms with Gasteiger partial charge in [0.2, 0.25) is 0 Å². The van der Waals surface area contributed by atoms with E-state index >= 15 is 0 Å². The third-order valence-electron chi connectivity index (χ3n) is 2.63. The van der Waals surface area contributed by atoms with Gasteiger partial charge in [-0.3, -0.25) is 4.57 Å². The van der Waals surface area contributed by atoms with E-state index in [0.29, 0.717) is 0 Å². The van der Waals surface area contributed by atoms with Crippen LogP contribution in [0.1, 0.15) is 0 Å². The van der Waals surface area contributed by atoms with Gasteiger partial charge in [0.05, 0.1) is 5.30 Å². The number of fused-ring (bicyclic) bond motifs is 4. The molecule has 0 unspecified atom stereocenters. The van der Waals surface area contributed by atoms with Gasteiger partial charge in [0, 0.05) is 5.56 Å². The highest BCUT2D eigenvalue weighted by Crippen LogP contribution is 2.46. The van der Waals surface area contributed by atoms with Crippen LogP contribution in [0.2, 0.25) is 0 Å². The lowest BCUT2D eigenvalue weighted by atomic mass is 9.81. The Morgan fingerprint density at radius 1 is 0.786 bits per heavy atom. The Morgan fingerprint density at radius 2 is 1.50 bits per heavy atom. The van der Waals surface area contributed by atoms with Crippen molar-refractivity contribution in [2.45, 2.75) is 0 Å². The van der Waals surface area contributed by atoms with Crippen molar-refractivity contribution in [2.75, 3.05) is 0 Å². The molecule has 0 atom stereocenters. The Balaban J connectivity index is 2.33. The van der Waals surface area contributed by atoms with Crippen LogP contribution < -0.4 is 5.30 Å². The summed E-state index contributed by atoms with van der Waals surface area (Å²) in [6.07, 6.45) is 0. The van der Waals surface area contributed by atoms with Gasteiger partial charge in [-0.25, -0.2) is 0 Å². The molecular formula is C12H7OP. The Morgan fingerprint density at radius 3 is 2.29 bits per heavy atom. The first-order valence-corrected chi connectivity index (χ1v) is 5.29. The number of benzene rings is 2. The molecule has 0 saturated heterocycles. The minimum absolute atomic E-state index is 0.106. The van der Waals surface area contributed by atoms with Crippen molar-refractivity contribution < 1.29 is 4.57 Å². The van der Waals surface area contributed by atoms with Crippen LogP contribution in [0.4, 0.5) is 0 Å². The van der Waals surface area contributed by atoms with Gasteiger partial charge in [-0.2, -0.15) is 0 Å². The van der Waals surface area contributed by atoms with E-state index in [1.807, 2.05) is 24.3 Å². The molecule has 66 valence electrons. The quantitative estimate of drug-likeness (QED) is 0.548. The molecule has 14 heavy (non-hydrogen) atoms. The Hall–Kier alpha value is -1.46. The minimum atomic E-state index is 0.106. The molecule has 1 aliphatic rings. The first-order chi connectivity index (χ1) is 6.92. The SMILES string of the molecule is O=Pc1cccc2c1-c1ccccc1-2. The van der Waals surface area contributed by atoms with E-state index in [-0.39, 0.29) is 8.46 Å². The largest absolute Gasteiger partial charge is 0.269 e.